The van der Waals surface area contributed by atoms with E-state index >= 15 is 0 Å². The number of urea groups is 1. The first-order valence-corrected chi connectivity index (χ1v) is 6.78. The van der Waals surface area contributed by atoms with Crippen LogP contribution in [-0.2, 0) is 11.3 Å². The van der Waals surface area contributed by atoms with Crippen molar-refractivity contribution in [1.82, 2.24) is 10.6 Å². The Kier molecular flexibility index (Phi) is 6.63. The molecule has 0 bridgehead atoms. The Morgan fingerprint density at radius 1 is 1.35 bits per heavy atom. The second kappa shape index (κ2) is 8.24. The Morgan fingerprint density at radius 2 is 2.10 bits per heavy atom. The van der Waals surface area contributed by atoms with Gasteiger partial charge in [-0.1, -0.05) is 13.3 Å². The van der Waals surface area contributed by atoms with Crippen LogP contribution in [0.1, 0.15) is 38.9 Å². The van der Waals surface area contributed by atoms with Gasteiger partial charge in [-0.05, 0) is 31.9 Å². The highest BCUT2D eigenvalue weighted by molar-refractivity contribution is 5.74. The largest absolute Gasteiger partial charge is 0.481 e. The summed E-state index contributed by atoms with van der Waals surface area (Å²) in [6.45, 7) is 3.94. The number of carboxylic acid groups (broad SMARTS) is 1. The third-order valence-corrected chi connectivity index (χ3v) is 3.08. The molecule has 0 aliphatic rings. The average Bonchev–Trinajstić information content (AvgIpc) is 2.89. The second-order valence-electron chi connectivity index (χ2n) is 4.98. The Labute approximate surface area is 118 Å². The van der Waals surface area contributed by atoms with Crippen LogP contribution in [-0.4, -0.2) is 23.1 Å². The van der Waals surface area contributed by atoms with Crippen LogP contribution >= 0.6 is 0 Å². The van der Waals surface area contributed by atoms with E-state index in [1.807, 2.05) is 6.92 Å². The van der Waals surface area contributed by atoms with Crippen LogP contribution in [0, 0.1) is 5.92 Å². The molecule has 1 aromatic rings. The zero-order valence-electron chi connectivity index (χ0n) is 11.9. The molecule has 0 spiro atoms. The van der Waals surface area contributed by atoms with Crippen LogP contribution in [0.4, 0.5) is 4.79 Å². The molecule has 20 heavy (non-hydrogen) atoms. The molecule has 112 valence electrons. The normalized spacial score (nSPS) is 13.5. The van der Waals surface area contributed by atoms with Gasteiger partial charge in [0.05, 0.1) is 18.7 Å². The van der Waals surface area contributed by atoms with Crippen molar-refractivity contribution < 1.29 is 19.1 Å². The molecule has 1 rings (SSSR count). The Morgan fingerprint density at radius 3 is 2.70 bits per heavy atom. The molecule has 2 amide bonds. The maximum absolute atomic E-state index is 11.6. The summed E-state index contributed by atoms with van der Waals surface area (Å²) < 4.78 is 5.10. The zero-order valence-corrected chi connectivity index (χ0v) is 11.9. The lowest BCUT2D eigenvalue weighted by molar-refractivity contribution is -0.141. The number of aliphatic carboxylic acids is 1. The lowest BCUT2D eigenvalue weighted by Crippen LogP contribution is -2.40. The summed E-state index contributed by atoms with van der Waals surface area (Å²) in [5.41, 5.74) is 0. The summed E-state index contributed by atoms with van der Waals surface area (Å²) in [4.78, 5) is 22.3. The Balaban J connectivity index is 2.13. The smallest absolute Gasteiger partial charge is 0.315 e. The van der Waals surface area contributed by atoms with E-state index in [1.54, 1.807) is 25.3 Å². The zero-order chi connectivity index (χ0) is 15.0. The lowest BCUT2D eigenvalue weighted by Gasteiger charge is -2.15. The molecule has 3 N–H and O–H groups in total. The quantitative estimate of drug-likeness (QED) is 0.682. The van der Waals surface area contributed by atoms with Crippen molar-refractivity contribution in [3.8, 4) is 0 Å². The molecule has 0 aliphatic carbocycles. The predicted molar refractivity (Wildman–Crippen MR) is 74.2 cm³/mol. The number of carboxylic acids is 1. The molecular weight excluding hydrogens is 260 g/mol. The minimum absolute atomic E-state index is 0.00703. The summed E-state index contributed by atoms with van der Waals surface area (Å²) in [6, 6.07) is 3.31. The molecule has 0 aliphatic heterocycles. The molecule has 2 unspecified atom stereocenters. The molecule has 0 saturated carbocycles. The van der Waals surface area contributed by atoms with E-state index in [-0.39, 0.29) is 18.0 Å². The van der Waals surface area contributed by atoms with E-state index in [0.29, 0.717) is 18.7 Å². The average molecular weight is 282 g/mol. The van der Waals surface area contributed by atoms with E-state index in [9.17, 15) is 9.59 Å². The van der Waals surface area contributed by atoms with Crippen LogP contribution in [0.3, 0.4) is 0 Å². The van der Waals surface area contributed by atoms with Crippen LogP contribution in [0.2, 0.25) is 0 Å². The van der Waals surface area contributed by atoms with Crippen LogP contribution in [0.25, 0.3) is 0 Å². The Bertz CT molecular complexity index is 417. The monoisotopic (exact) mass is 282 g/mol. The van der Waals surface area contributed by atoms with E-state index in [2.05, 4.69) is 10.6 Å². The number of rotatable bonds is 8. The van der Waals surface area contributed by atoms with Gasteiger partial charge in [0.2, 0.25) is 0 Å². The van der Waals surface area contributed by atoms with Crippen molar-refractivity contribution in [3.63, 3.8) is 0 Å². The van der Waals surface area contributed by atoms with Gasteiger partial charge in [-0.25, -0.2) is 4.79 Å². The molecule has 1 heterocycles. The summed E-state index contributed by atoms with van der Waals surface area (Å²) in [5.74, 6) is -0.417. The number of nitrogens with one attached hydrogen (secondary N) is 2. The van der Waals surface area contributed by atoms with Crippen molar-refractivity contribution in [3.05, 3.63) is 24.2 Å². The van der Waals surface area contributed by atoms with Gasteiger partial charge < -0.3 is 20.2 Å². The number of furan rings is 1. The highest BCUT2D eigenvalue weighted by Crippen LogP contribution is 2.09. The van der Waals surface area contributed by atoms with Crippen molar-refractivity contribution >= 4 is 12.0 Å². The first-order chi connectivity index (χ1) is 9.49. The van der Waals surface area contributed by atoms with E-state index in [4.69, 9.17) is 9.52 Å². The van der Waals surface area contributed by atoms with Crippen molar-refractivity contribution in [2.45, 2.75) is 45.7 Å². The molecule has 6 nitrogen and oxygen atoms in total. The van der Waals surface area contributed by atoms with E-state index in [0.717, 1.165) is 12.8 Å². The Hall–Kier alpha value is -1.98. The highest BCUT2D eigenvalue weighted by Gasteiger charge is 2.12. The standard InChI is InChI=1S/C14H22N2O4/c1-10(13(17)18)5-3-6-11(2)16-14(19)15-9-12-7-4-8-20-12/h4,7-8,10-11H,3,5-6,9H2,1-2H3,(H,17,18)(H2,15,16,19). The molecule has 0 radical (unpaired) electrons. The summed E-state index contributed by atoms with van der Waals surface area (Å²) in [6.07, 6.45) is 3.70. The van der Waals surface area contributed by atoms with Crippen LogP contribution in [0.5, 0.6) is 0 Å². The fourth-order valence-corrected chi connectivity index (χ4v) is 1.78. The fourth-order valence-electron chi connectivity index (χ4n) is 1.78. The minimum Gasteiger partial charge on any atom is -0.481 e. The van der Waals surface area contributed by atoms with Gasteiger partial charge in [0.15, 0.2) is 0 Å². The van der Waals surface area contributed by atoms with Crippen molar-refractivity contribution in [2.24, 2.45) is 5.92 Å². The lowest BCUT2D eigenvalue weighted by atomic mass is 10.0. The number of hydrogen-bond acceptors (Lipinski definition) is 3. The second-order valence-corrected chi connectivity index (χ2v) is 4.98. The summed E-state index contributed by atoms with van der Waals surface area (Å²) in [5, 5.41) is 14.3. The SMILES string of the molecule is CC(CCCC(C)C(=O)O)NC(=O)NCc1ccco1. The van der Waals surface area contributed by atoms with Crippen LogP contribution in [0.15, 0.2) is 22.8 Å². The topological polar surface area (TPSA) is 91.6 Å². The van der Waals surface area contributed by atoms with Gasteiger partial charge in [-0.3, -0.25) is 4.79 Å². The van der Waals surface area contributed by atoms with Gasteiger partial charge in [-0.2, -0.15) is 0 Å². The number of carbonyl (C=O) groups excluding carboxylic acids is 1. The maximum atomic E-state index is 11.6. The molecule has 6 heteroatoms. The van der Waals surface area contributed by atoms with Gasteiger partial charge >= 0.3 is 12.0 Å². The van der Waals surface area contributed by atoms with Gasteiger partial charge in [-0.15, -0.1) is 0 Å². The van der Waals surface area contributed by atoms with E-state index < -0.39 is 5.97 Å². The highest BCUT2D eigenvalue weighted by atomic mass is 16.4. The fraction of sp³-hybridized carbons (Fsp3) is 0.571. The van der Waals surface area contributed by atoms with Gasteiger partial charge in [0.1, 0.15) is 5.76 Å². The van der Waals surface area contributed by atoms with Crippen molar-refractivity contribution in [1.29, 1.82) is 0 Å². The van der Waals surface area contributed by atoms with Gasteiger partial charge in [0, 0.05) is 6.04 Å². The third-order valence-electron chi connectivity index (χ3n) is 3.08. The summed E-state index contributed by atoms with van der Waals surface area (Å²) in [7, 11) is 0. The molecule has 2 atom stereocenters. The summed E-state index contributed by atoms with van der Waals surface area (Å²) >= 11 is 0. The van der Waals surface area contributed by atoms with E-state index in [1.165, 1.54) is 0 Å². The molecular formula is C14H22N2O4. The van der Waals surface area contributed by atoms with Crippen LogP contribution < -0.4 is 10.6 Å². The molecule has 0 aromatic carbocycles. The minimum atomic E-state index is -0.776. The first kappa shape index (κ1) is 16.1. The number of hydrogen-bond donors (Lipinski definition) is 3. The third kappa shape index (κ3) is 6.26. The molecule has 1 aromatic heterocycles. The first-order valence-electron chi connectivity index (χ1n) is 6.78. The van der Waals surface area contributed by atoms with Gasteiger partial charge in [0.25, 0.3) is 0 Å². The van der Waals surface area contributed by atoms with Crippen molar-refractivity contribution in [2.75, 3.05) is 0 Å². The molecule has 0 saturated heterocycles. The number of carbonyl (C=O) groups is 2. The maximum Gasteiger partial charge on any atom is 0.315 e. The number of amides is 2. The molecule has 0 fully saturated rings. The predicted octanol–water partition coefficient (Wildman–Crippen LogP) is 2.36.